The molecule has 1 saturated heterocycles. The first-order valence-corrected chi connectivity index (χ1v) is 7.94. The summed E-state index contributed by atoms with van der Waals surface area (Å²) in [6.45, 7) is 9.91. The molecule has 5 heteroatoms. The molecule has 1 aliphatic heterocycles. The van der Waals surface area contributed by atoms with E-state index in [4.69, 9.17) is 5.73 Å². The average Bonchev–Trinajstić information content (AvgIpc) is 2.64. The second-order valence-electron chi connectivity index (χ2n) is 4.92. The maximum atomic E-state index is 5.84. The van der Waals surface area contributed by atoms with Gasteiger partial charge in [-0.05, 0) is 6.92 Å². The summed E-state index contributed by atoms with van der Waals surface area (Å²) in [5.74, 6) is 0. The molecule has 2 rings (SSSR count). The highest BCUT2D eigenvalue weighted by atomic mass is 32.2. The van der Waals surface area contributed by atoms with Gasteiger partial charge >= 0.3 is 0 Å². The van der Waals surface area contributed by atoms with Crippen LogP contribution in [0.3, 0.4) is 0 Å². The van der Waals surface area contributed by atoms with Crippen molar-refractivity contribution in [3.05, 3.63) is 16.1 Å². The lowest BCUT2D eigenvalue weighted by Crippen LogP contribution is -2.39. The maximum Gasteiger partial charge on any atom is 0.109 e. The second kappa shape index (κ2) is 5.69. The zero-order valence-corrected chi connectivity index (χ0v) is 12.4. The SMILES string of the molecule is CC1CN(Cc2csc(C(C)N)n2)CC(C)S1. The van der Waals surface area contributed by atoms with Crippen molar-refractivity contribution < 1.29 is 0 Å². The molecule has 1 fully saturated rings. The number of thioether (sulfide) groups is 1. The van der Waals surface area contributed by atoms with Crippen molar-refractivity contribution in [2.45, 2.75) is 43.9 Å². The minimum Gasteiger partial charge on any atom is -0.322 e. The normalized spacial score (nSPS) is 28.2. The van der Waals surface area contributed by atoms with E-state index in [0.717, 1.165) is 22.1 Å². The molecule has 0 amide bonds. The van der Waals surface area contributed by atoms with Gasteiger partial charge in [0.15, 0.2) is 0 Å². The van der Waals surface area contributed by atoms with Gasteiger partial charge < -0.3 is 5.73 Å². The standard InChI is InChI=1S/C12H21N3S2/c1-8-4-15(5-9(2)17-8)6-11-7-16-12(14-11)10(3)13/h7-10H,4-6,13H2,1-3H3. The van der Waals surface area contributed by atoms with E-state index < -0.39 is 0 Å². The van der Waals surface area contributed by atoms with Crippen molar-refractivity contribution in [1.29, 1.82) is 0 Å². The zero-order chi connectivity index (χ0) is 12.4. The summed E-state index contributed by atoms with van der Waals surface area (Å²) in [6.07, 6.45) is 0. The van der Waals surface area contributed by atoms with Crippen LogP contribution in [0.15, 0.2) is 5.38 Å². The third kappa shape index (κ3) is 3.68. The fraction of sp³-hybridized carbons (Fsp3) is 0.750. The minimum atomic E-state index is 0.0588. The molecular weight excluding hydrogens is 250 g/mol. The molecule has 2 heterocycles. The number of aromatic nitrogens is 1. The first-order chi connectivity index (χ1) is 8.04. The number of hydrogen-bond donors (Lipinski definition) is 1. The van der Waals surface area contributed by atoms with Crippen LogP contribution in [0.25, 0.3) is 0 Å². The number of nitrogens with two attached hydrogens (primary N) is 1. The van der Waals surface area contributed by atoms with Gasteiger partial charge in [-0.2, -0.15) is 11.8 Å². The van der Waals surface area contributed by atoms with Crippen molar-refractivity contribution in [2.24, 2.45) is 5.73 Å². The van der Waals surface area contributed by atoms with Crippen LogP contribution < -0.4 is 5.73 Å². The first-order valence-electron chi connectivity index (χ1n) is 6.12. The largest absolute Gasteiger partial charge is 0.322 e. The van der Waals surface area contributed by atoms with Crippen LogP contribution in [0, 0.1) is 0 Å². The molecule has 3 atom stereocenters. The third-order valence-electron chi connectivity index (χ3n) is 2.84. The van der Waals surface area contributed by atoms with Crippen molar-refractivity contribution in [2.75, 3.05) is 13.1 Å². The third-order valence-corrected chi connectivity index (χ3v) is 5.16. The lowest BCUT2D eigenvalue weighted by Gasteiger charge is -2.34. The fourth-order valence-corrected chi connectivity index (χ4v) is 4.40. The van der Waals surface area contributed by atoms with Gasteiger partial charge in [-0.15, -0.1) is 11.3 Å². The lowest BCUT2D eigenvalue weighted by atomic mass is 10.3. The quantitative estimate of drug-likeness (QED) is 0.917. The Hall–Kier alpha value is -0.100. The summed E-state index contributed by atoms with van der Waals surface area (Å²) >= 11 is 3.77. The van der Waals surface area contributed by atoms with Gasteiger partial charge in [-0.25, -0.2) is 4.98 Å². The van der Waals surface area contributed by atoms with Gasteiger partial charge in [0.25, 0.3) is 0 Å². The topological polar surface area (TPSA) is 42.1 Å². The number of nitrogens with zero attached hydrogens (tertiary/aromatic N) is 2. The van der Waals surface area contributed by atoms with Crippen LogP contribution in [0.5, 0.6) is 0 Å². The molecule has 0 spiro atoms. The Bertz CT molecular complexity index is 354. The monoisotopic (exact) mass is 271 g/mol. The fourth-order valence-electron chi connectivity index (χ4n) is 2.25. The highest BCUT2D eigenvalue weighted by Gasteiger charge is 2.22. The molecule has 3 unspecified atom stereocenters. The van der Waals surface area contributed by atoms with Crippen molar-refractivity contribution >= 4 is 23.1 Å². The highest BCUT2D eigenvalue weighted by Crippen LogP contribution is 2.26. The molecular formula is C12H21N3S2. The predicted octanol–water partition coefficient (Wildman–Crippen LogP) is 2.49. The van der Waals surface area contributed by atoms with Crippen LogP contribution in [0.2, 0.25) is 0 Å². The summed E-state index contributed by atoms with van der Waals surface area (Å²) in [6, 6.07) is 0.0588. The first kappa shape index (κ1) is 13.3. The van der Waals surface area contributed by atoms with Crippen LogP contribution in [0.1, 0.15) is 37.5 Å². The van der Waals surface area contributed by atoms with Crippen LogP contribution in [-0.2, 0) is 6.54 Å². The summed E-state index contributed by atoms with van der Waals surface area (Å²) in [5.41, 5.74) is 7.01. The van der Waals surface area contributed by atoms with E-state index in [1.54, 1.807) is 11.3 Å². The molecule has 17 heavy (non-hydrogen) atoms. The summed E-state index contributed by atoms with van der Waals surface area (Å²) < 4.78 is 0. The molecule has 1 aromatic heterocycles. The maximum absolute atomic E-state index is 5.84. The molecule has 2 N–H and O–H groups in total. The Morgan fingerprint density at radius 2 is 2.12 bits per heavy atom. The predicted molar refractivity (Wildman–Crippen MR) is 76.5 cm³/mol. The van der Waals surface area contributed by atoms with E-state index in [1.807, 2.05) is 6.92 Å². The molecule has 0 radical (unpaired) electrons. The summed E-state index contributed by atoms with van der Waals surface area (Å²) in [7, 11) is 0. The number of thiazole rings is 1. The van der Waals surface area contributed by atoms with Gasteiger partial charge in [-0.1, -0.05) is 13.8 Å². The molecule has 3 nitrogen and oxygen atoms in total. The Morgan fingerprint density at radius 3 is 2.65 bits per heavy atom. The van der Waals surface area contributed by atoms with Gasteiger partial charge in [0.05, 0.1) is 11.7 Å². The van der Waals surface area contributed by atoms with Gasteiger partial charge in [0, 0.05) is 35.5 Å². The second-order valence-corrected chi connectivity index (χ2v) is 7.69. The van der Waals surface area contributed by atoms with E-state index in [-0.39, 0.29) is 6.04 Å². The molecule has 1 aromatic rings. The number of hydrogen-bond acceptors (Lipinski definition) is 5. The summed E-state index contributed by atoms with van der Waals surface area (Å²) in [4.78, 5) is 7.10. The molecule has 1 aliphatic rings. The Morgan fingerprint density at radius 1 is 1.47 bits per heavy atom. The highest BCUT2D eigenvalue weighted by molar-refractivity contribution is 8.00. The Labute approximate surface area is 112 Å². The van der Waals surface area contributed by atoms with Crippen LogP contribution in [-0.4, -0.2) is 33.5 Å². The lowest BCUT2D eigenvalue weighted by molar-refractivity contribution is 0.260. The van der Waals surface area contributed by atoms with E-state index >= 15 is 0 Å². The minimum absolute atomic E-state index is 0.0588. The van der Waals surface area contributed by atoms with Crippen LogP contribution >= 0.6 is 23.1 Å². The van der Waals surface area contributed by atoms with Crippen molar-refractivity contribution in [3.8, 4) is 0 Å². The van der Waals surface area contributed by atoms with Crippen molar-refractivity contribution in [1.82, 2.24) is 9.88 Å². The Balaban J connectivity index is 1.95. The van der Waals surface area contributed by atoms with Gasteiger partial charge in [-0.3, -0.25) is 4.90 Å². The Kier molecular flexibility index (Phi) is 4.47. The molecule has 0 bridgehead atoms. The number of rotatable bonds is 3. The van der Waals surface area contributed by atoms with E-state index in [2.05, 4.69) is 40.9 Å². The van der Waals surface area contributed by atoms with Gasteiger partial charge in [0.1, 0.15) is 5.01 Å². The molecule has 0 saturated carbocycles. The zero-order valence-electron chi connectivity index (χ0n) is 10.7. The molecule has 0 aliphatic carbocycles. The van der Waals surface area contributed by atoms with E-state index in [1.165, 1.54) is 18.8 Å². The summed E-state index contributed by atoms with van der Waals surface area (Å²) in [5, 5.41) is 4.65. The molecule has 96 valence electrons. The average molecular weight is 271 g/mol. The smallest absolute Gasteiger partial charge is 0.109 e. The van der Waals surface area contributed by atoms with Gasteiger partial charge in [0.2, 0.25) is 0 Å². The van der Waals surface area contributed by atoms with Crippen LogP contribution in [0.4, 0.5) is 0 Å². The molecule has 0 aromatic carbocycles. The van der Waals surface area contributed by atoms with E-state index in [9.17, 15) is 0 Å². The van der Waals surface area contributed by atoms with E-state index in [0.29, 0.717) is 0 Å². The van der Waals surface area contributed by atoms with Crippen molar-refractivity contribution in [3.63, 3.8) is 0 Å².